The number of pyridine rings is 1. The van der Waals surface area contributed by atoms with Crippen molar-refractivity contribution in [3.05, 3.63) is 76.0 Å². The average molecular weight is 492 g/mol. The SMILES string of the molecule is Cc1cc(OCCCS(C)(=O)=O)nc(C)c1-c1cccc(COc2ccc3c(c2)CC2CC32)c1C. The third kappa shape index (κ3) is 5.22. The maximum atomic E-state index is 11.3. The molecule has 1 heterocycles. The molecule has 35 heavy (non-hydrogen) atoms. The van der Waals surface area contributed by atoms with Gasteiger partial charge in [-0.15, -0.1) is 0 Å². The highest BCUT2D eigenvalue weighted by molar-refractivity contribution is 7.90. The molecule has 1 fully saturated rings. The highest BCUT2D eigenvalue weighted by Gasteiger charge is 2.44. The van der Waals surface area contributed by atoms with Crippen LogP contribution in [0.3, 0.4) is 0 Å². The van der Waals surface area contributed by atoms with Gasteiger partial charge in [0.1, 0.15) is 22.2 Å². The van der Waals surface area contributed by atoms with Crippen molar-refractivity contribution in [3.8, 4) is 22.8 Å². The van der Waals surface area contributed by atoms with Gasteiger partial charge < -0.3 is 9.47 Å². The summed E-state index contributed by atoms with van der Waals surface area (Å²) in [5.41, 5.74) is 9.55. The first kappa shape index (κ1) is 23.9. The van der Waals surface area contributed by atoms with E-state index in [0.29, 0.717) is 25.5 Å². The zero-order valence-corrected chi connectivity index (χ0v) is 21.7. The van der Waals surface area contributed by atoms with Gasteiger partial charge in [0.2, 0.25) is 5.88 Å². The van der Waals surface area contributed by atoms with E-state index in [-0.39, 0.29) is 5.75 Å². The van der Waals surface area contributed by atoms with Crippen LogP contribution >= 0.6 is 0 Å². The number of sulfone groups is 1. The van der Waals surface area contributed by atoms with E-state index in [9.17, 15) is 8.42 Å². The van der Waals surface area contributed by atoms with E-state index in [2.05, 4.69) is 55.2 Å². The molecular weight excluding hydrogens is 458 g/mol. The summed E-state index contributed by atoms with van der Waals surface area (Å²) in [5.74, 6) is 3.28. The van der Waals surface area contributed by atoms with Crippen molar-refractivity contribution < 1.29 is 17.9 Å². The molecule has 0 bridgehead atoms. The van der Waals surface area contributed by atoms with Crippen LogP contribution in [-0.4, -0.2) is 32.0 Å². The monoisotopic (exact) mass is 491 g/mol. The minimum atomic E-state index is -2.98. The summed E-state index contributed by atoms with van der Waals surface area (Å²) in [6.45, 7) is 7.04. The molecule has 3 aromatic rings. The van der Waals surface area contributed by atoms with Crippen molar-refractivity contribution in [3.63, 3.8) is 0 Å². The van der Waals surface area contributed by atoms with Crippen LogP contribution in [0.5, 0.6) is 11.6 Å². The Hall–Kier alpha value is -2.86. The third-order valence-corrected chi connectivity index (χ3v) is 8.34. The highest BCUT2D eigenvalue weighted by atomic mass is 32.2. The fraction of sp³-hybridized carbons (Fsp3) is 0.414. The van der Waals surface area contributed by atoms with E-state index in [1.165, 1.54) is 35.8 Å². The molecule has 0 saturated heterocycles. The molecule has 0 aliphatic heterocycles. The van der Waals surface area contributed by atoms with Crippen LogP contribution in [0.2, 0.25) is 0 Å². The quantitative estimate of drug-likeness (QED) is 0.358. The molecule has 1 aromatic heterocycles. The normalized spacial score (nSPS) is 18.2. The Morgan fingerprint density at radius 3 is 2.66 bits per heavy atom. The van der Waals surface area contributed by atoms with Crippen LogP contribution in [0.4, 0.5) is 0 Å². The van der Waals surface area contributed by atoms with E-state index < -0.39 is 9.84 Å². The van der Waals surface area contributed by atoms with E-state index in [1.54, 1.807) is 0 Å². The van der Waals surface area contributed by atoms with Gasteiger partial charge in [0.15, 0.2) is 0 Å². The van der Waals surface area contributed by atoms with Crippen LogP contribution in [0.25, 0.3) is 11.1 Å². The van der Waals surface area contributed by atoms with Gasteiger partial charge in [-0.3, -0.25) is 0 Å². The molecule has 0 radical (unpaired) electrons. The van der Waals surface area contributed by atoms with Crippen molar-refractivity contribution in [2.75, 3.05) is 18.6 Å². The molecule has 2 aliphatic carbocycles. The molecule has 0 spiro atoms. The summed E-state index contributed by atoms with van der Waals surface area (Å²) in [4.78, 5) is 4.65. The van der Waals surface area contributed by atoms with Crippen molar-refractivity contribution >= 4 is 9.84 Å². The summed E-state index contributed by atoms with van der Waals surface area (Å²) in [6, 6.07) is 14.9. The van der Waals surface area contributed by atoms with Crippen molar-refractivity contribution in [1.82, 2.24) is 4.98 Å². The van der Waals surface area contributed by atoms with Crippen molar-refractivity contribution in [2.24, 2.45) is 5.92 Å². The molecule has 2 atom stereocenters. The van der Waals surface area contributed by atoms with Gasteiger partial charge in [-0.05, 0) is 97.4 Å². The Labute approximate surface area is 208 Å². The molecule has 0 N–H and O–H groups in total. The molecule has 0 amide bonds. The van der Waals surface area contributed by atoms with E-state index in [0.717, 1.165) is 45.5 Å². The standard InChI is InChI=1S/C29H33NO4S/c1-18-13-28(33-11-6-12-35(4,31)32)30-20(3)29(18)25-8-5-7-21(19(25)2)17-34-24-9-10-26-22(15-24)14-23-16-27(23)26/h5,7-10,13,15,23,27H,6,11-12,14,16-17H2,1-4H3. The van der Waals surface area contributed by atoms with E-state index in [4.69, 9.17) is 9.47 Å². The lowest BCUT2D eigenvalue weighted by atomic mass is 9.93. The molecule has 6 heteroatoms. The summed E-state index contributed by atoms with van der Waals surface area (Å²) in [6.07, 6.45) is 4.26. The highest BCUT2D eigenvalue weighted by Crippen LogP contribution is 2.56. The number of nitrogens with zero attached hydrogens (tertiary/aromatic N) is 1. The van der Waals surface area contributed by atoms with Gasteiger partial charge in [0, 0.05) is 23.6 Å². The summed E-state index contributed by atoms with van der Waals surface area (Å²) < 4.78 is 34.6. The zero-order valence-electron chi connectivity index (χ0n) is 20.9. The number of hydrogen-bond acceptors (Lipinski definition) is 5. The molecular formula is C29H33NO4S. The second-order valence-electron chi connectivity index (χ2n) is 10.1. The summed E-state index contributed by atoms with van der Waals surface area (Å²) in [7, 11) is -2.98. The number of fused-ring (bicyclic) bond motifs is 3. The Morgan fingerprint density at radius 1 is 1.06 bits per heavy atom. The van der Waals surface area contributed by atoms with E-state index >= 15 is 0 Å². The lowest BCUT2D eigenvalue weighted by Gasteiger charge is -2.17. The zero-order chi connectivity index (χ0) is 24.7. The van der Waals surface area contributed by atoms with Gasteiger partial charge in [-0.2, -0.15) is 0 Å². The van der Waals surface area contributed by atoms with Crippen LogP contribution in [0, 0.1) is 26.7 Å². The Bertz CT molecular complexity index is 1360. The fourth-order valence-corrected chi connectivity index (χ4v) is 6.04. The minimum Gasteiger partial charge on any atom is -0.489 e. The molecule has 1 saturated carbocycles. The second-order valence-corrected chi connectivity index (χ2v) is 12.4. The Balaban J connectivity index is 1.29. The number of benzene rings is 2. The number of hydrogen-bond donors (Lipinski definition) is 0. The lowest BCUT2D eigenvalue weighted by Crippen LogP contribution is -2.09. The molecule has 5 nitrogen and oxygen atoms in total. The Morgan fingerprint density at radius 2 is 1.89 bits per heavy atom. The predicted octanol–water partition coefficient (Wildman–Crippen LogP) is 5.73. The maximum absolute atomic E-state index is 11.3. The average Bonchev–Trinajstić information content (AvgIpc) is 3.46. The number of ether oxygens (including phenoxy) is 2. The smallest absolute Gasteiger partial charge is 0.213 e. The van der Waals surface area contributed by atoms with Crippen LogP contribution in [-0.2, 0) is 22.9 Å². The van der Waals surface area contributed by atoms with Gasteiger partial charge in [0.25, 0.3) is 0 Å². The van der Waals surface area contributed by atoms with Gasteiger partial charge >= 0.3 is 0 Å². The maximum Gasteiger partial charge on any atom is 0.213 e. The van der Waals surface area contributed by atoms with E-state index in [1.807, 2.05) is 13.0 Å². The molecule has 2 unspecified atom stereocenters. The first-order chi connectivity index (χ1) is 16.7. The van der Waals surface area contributed by atoms with Crippen LogP contribution < -0.4 is 9.47 Å². The van der Waals surface area contributed by atoms with Crippen molar-refractivity contribution in [1.29, 1.82) is 0 Å². The first-order valence-corrected chi connectivity index (χ1v) is 14.4. The Kier molecular flexibility index (Phi) is 6.34. The summed E-state index contributed by atoms with van der Waals surface area (Å²) in [5, 5.41) is 0. The van der Waals surface area contributed by atoms with Gasteiger partial charge in [0.05, 0.1) is 12.4 Å². The lowest BCUT2D eigenvalue weighted by molar-refractivity contribution is 0.304. The van der Waals surface area contributed by atoms with Crippen molar-refractivity contribution in [2.45, 2.75) is 52.6 Å². The predicted molar refractivity (Wildman–Crippen MR) is 139 cm³/mol. The third-order valence-electron chi connectivity index (χ3n) is 7.31. The summed E-state index contributed by atoms with van der Waals surface area (Å²) >= 11 is 0. The molecule has 184 valence electrons. The van der Waals surface area contributed by atoms with Gasteiger partial charge in [-0.25, -0.2) is 13.4 Å². The minimum absolute atomic E-state index is 0.115. The first-order valence-electron chi connectivity index (χ1n) is 12.3. The largest absolute Gasteiger partial charge is 0.489 e. The number of rotatable bonds is 9. The molecule has 2 aliphatic rings. The topological polar surface area (TPSA) is 65.5 Å². The molecule has 2 aromatic carbocycles. The van der Waals surface area contributed by atoms with Crippen LogP contribution in [0.1, 0.15) is 52.3 Å². The second kappa shape index (κ2) is 9.30. The number of aryl methyl sites for hydroxylation is 2. The van der Waals surface area contributed by atoms with Crippen LogP contribution in [0.15, 0.2) is 42.5 Å². The number of aromatic nitrogens is 1. The van der Waals surface area contributed by atoms with Gasteiger partial charge in [-0.1, -0.05) is 24.3 Å². The molecule has 5 rings (SSSR count). The fourth-order valence-electron chi connectivity index (χ4n) is 5.39.